The van der Waals surface area contributed by atoms with Crippen molar-refractivity contribution in [3.05, 3.63) is 29.3 Å². The number of phenolic OH excluding ortho intramolecular Hbond substituents is 1. The molecule has 0 atom stereocenters. The molecule has 0 aromatic heterocycles. The number of aryl methyl sites for hydroxylation is 1. The van der Waals surface area contributed by atoms with Crippen molar-refractivity contribution in [1.29, 1.82) is 0 Å². The van der Waals surface area contributed by atoms with Crippen LogP contribution in [0.15, 0.2) is 18.2 Å². The number of hydrogen-bond donors (Lipinski definition) is 2. The summed E-state index contributed by atoms with van der Waals surface area (Å²) in [6.45, 7) is 4.58. The van der Waals surface area contributed by atoms with Crippen LogP contribution < -0.4 is 5.32 Å². The molecule has 3 rings (SSSR count). The molecule has 4 heteroatoms. The Morgan fingerprint density at radius 1 is 1.29 bits per heavy atom. The third kappa shape index (κ3) is 3.56. The molecule has 0 spiro atoms. The van der Waals surface area contributed by atoms with Crippen LogP contribution in [0.1, 0.15) is 41.6 Å². The van der Waals surface area contributed by atoms with Crippen molar-refractivity contribution in [1.82, 2.24) is 10.2 Å². The van der Waals surface area contributed by atoms with E-state index in [0.29, 0.717) is 11.6 Å². The van der Waals surface area contributed by atoms with Crippen LogP contribution in [-0.4, -0.2) is 41.6 Å². The van der Waals surface area contributed by atoms with E-state index in [-0.39, 0.29) is 11.7 Å². The summed E-state index contributed by atoms with van der Waals surface area (Å²) in [7, 11) is 0. The lowest BCUT2D eigenvalue weighted by Crippen LogP contribution is -2.45. The molecule has 1 aliphatic carbocycles. The van der Waals surface area contributed by atoms with Crippen LogP contribution in [0.4, 0.5) is 0 Å². The van der Waals surface area contributed by atoms with Crippen LogP contribution in [0.25, 0.3) is 0 Å². The quantitative estimate of drug-likeness (QED) is 0.894. The van der Waals surface area contributed by atoms with Crippen LogP contribution in [0, 0.1) is 12.8 Å². The minimum atomic E-state index is 0.0333. The Kier molecular flexibility index (Phi) is 4.15. The fourth-order valence-corrected chi connectivity index (χ4v) is 2.87. The number of hydrogen-bond acceptors (Lipinski definition) is 3. The number of rotatable bonds is 4. The third-order valence-corrected chi connectivity index (χ3v) is 4.63. The fraction of sp³-hybridized carbons (Fsp3) is 0.588. The van der Waals surface area contributed by atoms with E-state index < -0.39 is 0 Å². The van der Waals surface area contributed by atoms with E-state index in [1.54, 1.807) is 18.2 Å². The standard InChI is InChI=1S/C17H24N2O2/c1-12-2-5-14(10-16(12)20)17(21)19-8-6-15(7-9-19)18-11-13-3-4-13/h2,5,10,13,15,18,20H,3-4,6-9,11H2,1H3. The highest BCUT2D eigenvalue weighted by Gasteiger charge is 2.26. The number of nitrogens with one attached hydrogen (secondary N) is 1. The highest BCUT2D eigenvalue weighted by atomic mass is 16.3. The maximum absolute atomic E-state index is 12.4. The minimum absolute atomic E-state index is 0.0333. The van der Waals surface area contributed by atoms with Crippen LogP contribution in [0.2, 0.25) is 0 Å². The number of phenols is 1. The molecule has 0 bridgehead atoms. The lowest BCUT2D eigenvalue weighted by atomic mass is 10.0. The molecule has 0 unspecified atom stereocenters. The maximum Gasteiger partial charge on any atom is 0.253 e. The highest BCUT2D eigenvalue weighted by molar-refractivity contribution is 5.94. The molecule has 4 nitrogen and oxygen atoms in total. The lowest BCUT2D eigenvalue weighted by molar-refractivity contribution is 0.0704. The van der Waals surface area contributed by atoms with Crippen molar-refractivity contribution in [2.24, 2.45) is 5.92 Å². The Morgan fingerprint density at radius 2 is 2.00 bits per heavy atom. The molecule has 1 aliphatic heterocycles. The molecule has 2 fully saturated rings. The Bertz CT molecular complexity index is 518. The van der Waals surface area contributed by atoms with Gasteiger partial charge in [0, 0.05) is 24.7 Å². The second kappa shape index (κ2) is 6.06. The first-order valence-corrected chi connectivity index (χ1v) is 7.96. The number of nitrogens with zero attached hydrogens (tertiary/aromatic N) is 1. The van der Waals surface area contributed by atoms with E-state index >= 15 is 0 Å². The first-order chi connectivity index (χ1) is 10.1. The van der Waals surface area contributed by atoms with Crippen molar-refractivity contribution in [2.75, 3.05) is 19.6 Å². The van der Waals surface area contributed by atoms with Gasteiger partial charge in [-0.1, -0.05) is 6.07 Å². The number of likely N-dealkylation sites (tertiary alicyclic amines) is 1. The van der Waals surface area contributed by atoms with Gasteiger partial charge < -0.3 is 15.3 Å². The van der Waals surface area contributed by atoms with Gasteiger partial charge >= 0.3 is 0 Å². The minimum Gasteiger partial charge on any atom is -0.508 e. The van der Waals surface area contributed by atoms with E-state index in [1.807, 2.05) is 11.8 Å². The molecule has 1 amide bonds. The van der Waals surface area contributed by atoms with Gasteiger partial charge in [-0.25, -0.2) is 0 Å². The van der Waals surface area contributed by atoms with Gasteiger partial charge in [0.25, 0.3) is 5.91 Å². The van der Waals surface area contributed by atoms with E-state index in [9.17, 15) is 9.90 Å². The average Bonchev–Trinajstić information content (AvgIpc) is 3.32. The van der Waals surface area contributed by atoms with Crippen LogP contribution in [-0.2, 0) is 0 Å². The fourth-order valence-electron chi connectivity index (χ4n) is 2.87. The van der Waals surface area contributed by atoms with E-state index in [0.717, 1.165) is 44.0 Å². The van der Waals surface area contributed by atoms with Gasteiger partial charge in [-0.15, -0.1) is 0 Å². The molecular weight excluding hydrogens is 264 g/mol. The summed E-state index contributed by atoms with van der Waals surface area (Å²) in [6, 6.07) is 5.73. The molecule has 21 heavy (non-hydrogen) atoms. The Labute approximate surface area is 126 Å². The van der Waals surface area contributed by atoms with Gasteiger partial charge in [0.05, 0.1) is 0 Å². The van der Waals surface area contributed by atoms with Crippen LogP contribution in [0.5, 0.6) is 5.75 Å². The van der Waals surface area contributed by atoms with Gasteiger partial charge in [-0.3, -0.25) is 4.79 Å². The normalized spacial score (nSPS) is 19.8. The van der Waals surface area contributed by atoms with Crippen molar-refractivity contribution >= 4 is 5.91 Å². The number of carbonyl (C=O) groups excluding carboxylic acids is 1. The second-order valence-electron chi connectivity index (χ2n) is 6.42. The SMILES string of the molecule is Cc1ccc(C(=O)N2CCC(NCC3CC3)CC2)cc1O. The van der Waals surface area contributed by atoms with E-state index in [4.69, 9.17) is 0 Å². The number of carbonyl (C=O) groups is 1. The van der Waals surface area contributed by atoms with Gasteiger partial charge in [0.15, 0.2) is 0 Å². The summed E-state index contributed by atoms with van der Waals surface area (Å²) >= 11 is 0. The highest BCUT2D eigenvalue weighted by Crippen LogP contribution is 2.28. The summed E-state index contributed by atoms with van der Waals surface area (Å²) in [4.78, 5) is 14.3. The molecule has 2 aliphatic rings. The molecule has 1 saturated carbocycles. The molecule has 0 radical (unpaired) electrons. The van der Waals surface area contributed by atoms with Gasteiger partial charge in [-0.05, 0) is 62.8 Å². The molecule has 1 heterocycles. The summed E-state index contributed by atoms with van der Waals surface area (Å²) in [5, 5.41) is 13.4. The lowest BCUT2D eigenvalue weighted by Gasteiger charge is -2.32. The number of amides is 1. The van der Waals surface area contributed by atoms with E-state index in [1.165, 1.54) is 12.8 Å². The first-order valence-electron chi connectivity index (χ1n) is 7.96. The Morgan fingerprint density at radius 3 is 2.62 bits per heavy atom. The zero-order valence-corrected chi connectivity index (χ0v) is 12.6. The predicted molar refractivity (Wildman–Crippen MR) is 82.5 cm³/mol. The maximum atomic E-state index is 12.4. The van der Waals surface area contributed by atoms with Gasteiger partial charge in [0.2, 0.25) is 0 Å². The predicted octanol–water partition coefficient (Wildman–Crippen LogP) is 2.30. The summed E-state index contributed by atoms with van der Waals surface area (Å²) in [5.41, 5.74) is 1.39. The molecule has 114 valence electrons. The van der Waals surface area contributed by atoms with Crippen molar-refractivity contribution in [3.63, 3.8) is 0 Å². The first kappa shape index (κ1) is 14.4. The molecular formula is C17H24N2O2. The van der Waals surface area contributed by atoms with Crippen LogP contribution >= 0.6 is 0 Å². The Hall–Kier alpha value is -1.55. The summed E-state index contributed by atoms with van der Waals surface area (Å²) < 4.78 is 0. The number of piperidine rings is 1. The topological polar surface area (TPSA) is 52.6 Å². The number of benzene rings is 1. The van der Waals surface area contributed by atoms with Gasteiger partial charge in [-0.2, -0.15) is 0 Å². The zero-order chi connectivity index (χ0) is 14.8. The van der Waals surface area contributed by atoms with Crippen molar-refractivity contribution in [2.45, 2.75) is 38.6 Å². The zero-order valence-electron chi connectivity index (χ0n) is 12.6. The number of aromatic hydroxyl groups is 1. The average molecular weight is 288 g/mol. The molecule has 1 saturated heterocycles. The van der Waals surface area contributed by atoms with Crippen molar-refractivity contribution in [3.8, 4) is 5.75 Å². The monoisotopic (exact) mass is 288 g/mol. The summed E-state index contributed by atoms with van der Waals surface area (Å²) in [5.74, 6) is 1.13. The van der Waals surface area contributed by atoms with E-state index in [2.05, 4.69) is 5.32 Å². The summed E-state index contributed by atoms with van der Waals surface area (Å²) in [6.07, 6.45) is 4.80. The van der Waals surface area contributed by atoms with Gasteiger partial charge in [0.1, 0.15) is 5.75 Å². The Balaban J connectivity index is 1.52. The van der Waals surface area contributed by atoms with Crippen LogP contribution in [0.3, 0.4) is 0 Å². The molecule has 1 aromatic rings. The third-order valence-electron chi connectivity index (χ3n) is 4.63. The van der Waals surface area contributed by atoms with Crippen molar-refractivity contribution < 1.29 is 9.90 Å². The molecule has 1 aromatic carbocycles. The largest absolute Gasteiger partial charge is 0.508 e. The smallest absolute Gasteiger partial charge is 0.253 e. The second-order valence-corrected chi connectivity index (χ2v) is 6.42. The molecule has 2 N–H and O–H groups in total.